The first-order chi connectivity index (χ1) is 9.74. The molecule has 0 spiro atoms. The van der Waals surface area contributed by atoms with Gasteiger partial charge in [0.15, 0.2) is 5.16 Å². The van der Waals surface area contributed by atoms with Gasteiger partial charge in [0.25, 0.3) is 0 Å². The highest BCUT2D eigenvalue weighted by molar-refractivity contribution is 7.98. The summed E-state index contributed by atoms with van der Waals surface area (Å²) in [6, 6.07) is 10.2. The molecule has 0 saturated carbocycles. The summed E-state index contributed by atoms with van der Waals surface area (Å²) in [5, 5.41) is 0.769. The van der Waals surface area contributed by atoms with Crippen LogP contribution in [-0.2, 0) is 13.0 Å². The lowest BCUT2D eigenvalue weighted by molar-refractivity contribution is 0.286. The minimum atomic E-state index is 0.543. The number of hydrogen-bond acceptors (Lipinski definition) is 4. The van der Waals surface area contributed by atoms with Crippen LogP contribution in [0, 0.1) is 6.92 Å². The standard InChI is InChI=1S/C16H20N2OS/c1-4-8-14-12(2)17-16(20-3)18-15(14)19-11-13-9-6-5-7-10-13/h5-7,9-10H,4,8,11H2,1-3H3. The van der Waals surface area contributed by atoms with E-state index in [4.69, 9.17) is 4.74 Å². The predicted molar refractivity (Wildman–Crippen MR) is 83.3 cm³/mol. The Balaban J connectivity index is 2.22. The Kier molecular flexibility index (Phi) is 5.41. The van der Waals surface area contributed by atoms with Gasteiger partial charge >= 0.3 is 0 Å². The molecule has 2 rings (SSSR count). The second-order valence-electron chi connectivity index (χ2n) is 4.60. The molecule has 0 saturated heterocycles. The highest BCUT2D eigenvalue weighted by Gasteiger charge is 2.12. The van der Waals surface area contributed by atoms with E-state index in [2.05, 4.69) is 29.0 Å². The molecule has 0 N–H and O–H groups in total. The van der Waals surface area contributed by atoms with E-state index in [1.165, 1.54) is 0 Å². The minimum absolute atomic E-state index is 0.543. The maximum atomic E-state index is 5.93. The molecule has 20 heavy (non-hydrogen) atoms. The lowest BCUT2D eigenvalue weighted by Crippen LogP contribution is -2.05. The van der Waals surface area contributed by atoms with Crippen LogP contribution in [0.15, 0.2) is 35.5 Å². The van der Waals surface area contributed by atoms with Gasteiger partial charge in [-0.3, -0.25) is 0 Å². The summed E-state index contributed by atoms with van der Waals surface area (Å²) in [4.78, 5) is 9.01. The molecular weight excluding hydrogens is 268 g/mol. The Hall–Kier alpha value is -1.55. The van der Waals surface area contributed by atoms with Crippen molar-refractivity contribution in [2.45, 2.75) is 38.5 Å². The molecule has 0 aliphatic rings. The predicted octanol–water partition coefficient (Wildman–Crippen LogP) is 4.04. The van der Waals surface area contributed by atoms with E-state index in [-0.39, 0.29) is 0 Å². The van der Waals surface area contributed by atoms with E-state index in [1.807, 2.05) is 31.4 Å². The SMILES string of the molecule is CCCc1c(C)nc(SC)nc1OCc1ccccc1. The van der Waals surface area contributed by atoms with Gasteiger partial charge in [-0.25, -0.2) is 4.98 Å². The molecule has 106 valence electrons. The van der Waals surface area contributed by atoms with Crippen LogP contribution in [0.5, 0.6) is 5.88 Å². The molecule has 0 aliphatic carbocycles. The molecule has 0 aliphatic heterocycles. The lowest BCUT2D eigenvalue weighted by Gasteiger charge is -2.13. The van der Waals surface area contributed by atoms with E-state index in [0.29, 0.717) is 6.61 Å². The second kappa shape index (κ2) is 7.29. The summed E-state index contributed by atoms with van der Waals surface area (Å²) in [6.07, 6.45) is 3.99. The first-order valence-corrected chi connectivity index (χ1v) is 8.05. The topological polar surface area (TPSA) is 35.0 Å². The summed E-state index contributed by atoms with van der Waals surface area (Å²) in [5.41, 5.74) is 3.30. The molecule has 4 heteroatoms. The number of rotatable bonds is 6. The molecule has 3 nitrogen and oxygen atoms in total. The van der Waals surface area contributed by atoms with E-state index in [1.54, 1.807) is 11.8 Å². The third-order valence-electron chi connectivity index (χ3n) is 3.06. The normalized spacial score (nSPS) is 10.6. The van der Waals surface area contributed by atoms with Crippen molar-refractivity contribution < 1.29 is 4.74 Å². The summed E-state index contributed by atoms with van der Waals surface area (Å²) in [6.45, 7) is 4.73. The number of hydrogen-bond donors (Lipinski definition) is 0. The zero-order chi connectivity index (χ0) is 14.4. The highest BCUT2D eigenvalue weighted by atomic mass is 32.2. The third-order valence-corrected chi connectivity index (χ3v) is 3.60. The summed E-state index contributed by atoms with van der Waals surface area (Å²) < 4.78 is 5.93. The van der Waals surface area contributed by atoms with Gasteiger partial charge in [-0.05, 0) is 25.2 Å². The molecular formula is C16H20N2OS. The van der Waals surface area contributed by atoms with Gasteiger partial charge in [-0.15, -0.1) is 0 Å². The van der Waals surface area contributed by atoms with E-state index in [9.17, 15) is 0 Å². The molecule has 0 bridgehead atoms. The van der Waals surface area contributed by atoms with Crippen molar-refractivity contribution in [1.29, 1.82) is 0 Å². The molecule has 0 amide bonds. The van der Waals surface area contributed by atoms with Gasteiger partial charge in [0.1, 0.15) is 6.61 Å². The van der Waals surface area contributed by atoms with Gasteiger partial charge in [0.2, 0.25) is 5.88 Å². The fourth-order valence-corrected chi connectivity index (χ4v) is 2.42. The number of nitrogens with zero attached hydrogens (tertiary/aromatic N) is 2. The molecule has 0 radical (unpaired) electrons. The average Bonchev–Trinajstić information content (AvgIpc) is 2.48. The third kappa shape index (κ3) is 3.73. The zero-order valence-corrected chi connectivity index (χ0v) is 13.0. The monoisotopic (exact) mass is 288 g/mol. The summed E-state index contributed by atoms with van der Waals surface area (Å²) in [5.74, 6) is 0.729. The average molecular weight is 288 g/mol. The minimum Gasteiger partial charge on any atom is -0.472 e. The Morgan fingerprint density at radius 1 is 1.15 bits per heavy atom. The van der Waals surface area contributed by atoms with E-state index in [0.717, 1.165) is 40.7 Å². The van der Waals surface area contributed by atoms with Crippen LogP contribution in [0.25, 0.3) is 0 Å². The quantitative estimate of drug-likeness (QED) is 0.593. The number of aryl methyl sites for hydroxylation is 1. The van der Waals surface area contributed by atoms with Gasteiger partial charge < -0.3 is 4.74 Å². The lowest BCUT2D eigenvalue weighted by atomic mass is 10.1. The Morgan fingerprint density at radius 3 is 2.55 bits per heavy atom. The van der Waals surface area contributed by atoms with Crippen molar-refractivity contribution in [3.05, 3.63) is 47.2 Å². The van der Waals surface area contributed by atoms with Crippen molar-refractivity contribution in [2.75, 3.05) is 6.26 Å². The molecule has 0 atom stereocenters. The first kappa shape index (κ1) is 14.9. The van der Waals surface area contributed by atoms with E-state index >= 15 is 0 Å². The van der Waals surface area contributed by atoms with Crippen molar-refractivity contribution in [2.24, 2.45) is 0 Å². The first-order valence-electron chi connectivity index (χ1n) is 6.82. The highest BCUT2D eigenvalue weighted by Crippen LogP contribution is 2.24. The summed E-state index contributed by atoms with van der Waals surface area (Å²) in [7, 11) is 0. The van der Waals surface area contributed by atoms with Crippen LogP contribution >= 0.6 is 11.8 Å². The van der Waals surface area contributed by atoms with Crippen molar-refractivity contribution in [3.63, 3.8) is 0 Å². The van der Waals surface area contributed by atoms with E-state index < -0.39 is 0 Å². The molecule has 1 aromatic heterocycles. The molecule has 0 unspecified atom stereocenters. The number of aromatic nitrogens is 2. The zero-order valence-electron chi connectivity index (χ0n) is 12.2. The molecule has 1 aromatic carbocycles. The smallest absolute Gasteiger partial charge is 0.221 e. The van der Waals surface area contributed by atoms with Crippen molar-refractivity contribution in [1.82, 2.24) is 9.97 Å². The van der Waals surface area contributed by atoms with Crippen LogP contribution < -0.4 is 4.74 Å². The number of thioether (sulfide) groups is 1. The second-order valence-corrected chi connectivity index (χ2v) is 5.38. The number of benzene rings is 1. The van der Waals surface area contributed by atoms with Crippen LogP contribution in [0.2, 0.25) is 0 Å². The molecule has 1 heterocycles. The van der Waals surface area contributed by atoms with Gasteiger partial charge in [-0.1, -0.05) is 55.4 Å². The Labute approximate surface area is 124 Å². The fourth-order valence-electron chi connectivity index (χ4n) is 2.02. The van der Waals surface area contributed by atoms with Gasteiger partial charge in [-0.2, -0.15) is 4.98 Å². The largest absolute Gasteiger partial charge is 0.472 e. The van der Waals surface area contributed by atoms with Crippen LogP contribution in [0.3, 0.4) is 0 Å². The van der Waals surface area contributed by atoms with Crippen LogP contribution in [-0.4, -0.2) is 16.2 Å². The van der Waals surface area contributed by atoms with Gasteiger partial charge in [0.05, 0.1) is 0 Å². The van der Waals surface area contributed by atoms with Gasteiger partial charge in [0, 0.05) is 11.3 Å². The van der Waals surface area contributed by atoms with Crippen molar-refractivity contribution in [3.8, 4) is 5.88 Å². The van der Waals surface area contributed by atoms with Crippen LogP contribution in [0.1, 0.15) is 30.2 Å². The Morgan fingerprint density at radius 2 is 1.90 bits per heavy atom. The number of ether oxygens (including phenoxy) is 1. The molecule has 0 fully saturated rings. The molecule has 2 aromatic rings. The summed E-state index contributed by atoms with van der Waals surface area (Å²) >= 11 is 1.54. The maximum absolute atomic E-state index is 5.93. The fraction of sp³-hybridized carbons (Fsp3) is 0.375. The Bertz CT molecular complexity index is 558. The maximum Gasteiger partial charge on any atom is 0.221 e. The van der Waals surface area contributed by atoms with Crippen LogP contribution in [0.4, 0.5) is 0 Å². The van der Waals surface area contributed by atoms with Crippen molar-refractivity contribution >= 4 is 11.8 Å².